The second kappa shape index (κ2) is 7.89. The minimum atomic E-state index is 0.587. The lowest BCUT2D eigenvalue weighted by molar-refractivity contribution is 0.620. The van der Waals surface area contributed by atoms with Crippen LogP contribution in [0, 0.1) is 0 Å². The van der Waals surface area contributed by atoms with Gasteiger partial charge in [0.05, 0.1) is 0 Å². The van der Waals surface area contributed by atoms with Gasteiger partial charge < -0.3 is 4.42 Å². The van der Waals surface area contributed by atoms with Gasteiger partial charge in [0.2, 0.25) is 5.89 Å². The van der Waals surface area contributed by atoms with E-state index < -0.39 is 0 Å². The third-order valence-electron chi connectivity index (χ3n) is 6.48. The molecule has 0 saturated carbocycles. The number of aromatic nitrogens is 3. The largest absolute Gasteiger partial charge is 0.436 e. The Kier molecular flexibility index (Phi) is 4.42. The summed E-state index contributed by atoms with van der Waals surface area (Å²) in [6.07, 6.45) is 7.64. The molecular weight excluding hydrogens is 430 g/mol. The van der Waals surface area contributed by atoms with Crippen molar-refractivity contribution in [2.24, 2.45) is 0 Å². The average Bonchev–Trinajstić information content (AvgIpc) is 3.36. The van der Waals surface area contributed by atoms with Gasteiger partial charge in [0, 0.05) is 52.3 Å². The Hall–Kier alpha value is -4.83. The van der Waals surface area contributed by atoms with E-state index in [0.29, 0.717) is 5.89 Å². The van der Waals surface area contributed by atoms with Crippen LogP contribution >= 0.6 is 0 Å². The number of fused-ring (bicyclic) bond motifs is 3. The average molecular weight is 450 g/mol. The SMILES string of the molecule is c1ccc2c(-c3ccc(-c4cncc5ccccc45)c(-c4nc5ccccc5o4)c3)cncc2c1. The molecule has 0 saturated heterocycles. The summed E-state index contributed by atoms with van der Waals surface area (Å²) in [4.78, 5) is 13.9. The Morgan fingerprint density at radius 2 is 1.17 bits per heavy atom. The molecule has 0 fully saturated rings. The fraction of sp³-hybridized carbons (Fsp3) is 0. The van der Waals surface area contributed by atoms with Gasteiger partial charge in [0.15, 0.2) is 5.58 Å². The van der Waals surface area contributed by atoms with Crippen LogP contribution in [0.1, 0.15) is 0 Å². The standard InChI is InChI=1S/C31H19N3O/c1-3-9-23-21(7-1)16-32-18-27(23)20-13-14-25(28-19-33-17-22-8-2-4-10-24(22)28)26(15-20)31-34-29-11-5-6-12-30(29)35-31/h1-19H. The molecule has 0 aliphatic rings. The fourth-order valence-electron chi connectivity index (χ4n) is 4.79. The maximum absolute atomic E-state index is 6.26. The van der Waals surface area contributed by atoms with Crippen LogP contribution in [0.2, 0.25) is 0 Å². The lowest BCUT2D eigenvalue weighted by Crippen LogP contribution is -1.91. The maximum Gasteiger partial charge on any atom is 0.227 e. The molecule has 0 aliphatic heterocycles. The Morgan fingerprint density at radius 1 is 0.514 bits per heavy atom. The zero-order chi connectivity index (χ0) is 23.2. The smallest absolute Gasteiger partial charge is 0.227 e. The number of rotatable bonds is 3. The second-order valence-electron chi connectivity index (χ2n) is 8.56. The van der Waals surface area contributed by atoms with Gasteiger partial charge in [-0.3, -0.25) is 9.97 Å². The van der Waals surface area contributed by atoms with Crippen molar-refractivity contribution < 1.29 is 4.42 Å². The van der Waals surface area contributed by atoms with Crippen LogP contribution in [0.3, 0.4) is 0 Å². The lowest BCUT2D eigenvalue weighted by Gasteiger charge is -2.13. The first-order valence-corrected chi connectivity index (χ1v) is 11.5. The van der Waals surface area contributed by atoms with E-state index in [9.17, 15) is 0 Å². The number of benzene rings is 4. The van der Waals surface area contributed by atoms with Crippen molar-refractivity contribution in [2.75, 3.05) is 0 Å². The van der Waals surface area contributed by atoms with Gasteiger partial charge in [-0.25, -0.2) is 4.98 Å². The van der Waals surface area contributed by atoms with Crippen LogP contribution in [-0.4, -0.2) is 15.0 Å². The van der Waals surface area contributed by atoms with Gasteiger partial charge in [-0.1, -0.05) is 72.8 Å². The fourth-order valence-corrected chi connectivity index (χ4v) is 4.79. The lowest BCUT2D eigenvalue weighted by atomic mass is 9.92. The number of pyridine rings is 2. The molecule has 35 heavy (non-hydrogen) atoms. The molecule has 3 aromatic heterocycles. The van der Waals surface area contributed by atoms with E-state index in [1.807, 2.05) is 61.2 Å². The second-order valence-corrected chi connectivity index (χ2v) is 8.56. The van der Waals surface area contributed by atoms with E-state index in [1.165, 1.54) is 0 Å². The zero-order valence-corrected chi connectivity index (χ0v) is 18.7. The van der Waals surface area contributed by atoms with E-state index in [4.69, 9.17) is 9.40 Å². The third kappa shape index (κ3) is 3.27. The monoisotopic (exact) mass is 449 g/mol. The highest BCUT2D eigenvalue weighted by Gasteiger charge is 2.18. The molecule has 4 nitrogen and oxygen atoms in total. The van der Waals surface area contributed by atoms with Crippen molar-refractivity contribution in [1.29, 1.82) is 0 Å². The summed E-state index contributed by atoms with van der Waals surface area (Å²) >= 11 is 0. The molecular formula is C31H19N3O. The molecule has 7 rings (SSSR count). The Balaban J connectivity index is 1.52. The van der Waals surface area contributed by atoms with Crippen molar-refractivity contribution in [2.45, 2.75) is 0 Å². The molecule has 0 amide bonds. The highest BCUT2D eigenvalue weighted by Crippen LogP contribution is 2.40. The predicted octanol–water partition coefficient (Wildman–Crippen LogP) is 7.93. The zero-order valence-electron chi connectivity index (χ0n) is 18.7. The van der Waals surface area contributed by atoms with Crippen LogP contribution in [0.25, 0.3) is 66.4 Å². The van der Waals surface area contributed by atoms with Crippen LogP contribution in [0.4, 0.5) is 0 Å². The molecule has 4 heteroatoms. The van der Waals surface area contributed by atoms with E-state index in [2.05, 4.69) is 64.6 Å². The summed E-state index contributed by atoms with van der Waals surface area (Å²) < 4.78 is 6.26. The number of oxazole rings is 1. The molecule has 0 unspecified atom stereocenters. The number of para-hydroxylation sites is 2. The van der Waals surface area contributed by atoms with Crippen LogP contribution < -0.4 is 0 Å². The first-order chi connectivity index (χ1) is 17.3. The summed E-state index contributed by atoms with van der Waals surface area (Å²) in [6, 6.07) is 30.9. The van der Waals surface area contributed by atoms with E-state index in [1.54, 1.807) is 0 Å². The van der Waals surface area contributed by atoms with Crippen molar-refractivity contribution in [3.8, 4) is 33.7 Å². The minimum Gasteiger partial charge on any atom is -0.436 e. The Bertz CT molecular complexity index is 1830. The van der Waals surface area contributed by atoms with Gasteiger partial charge in [0.25, 0.3) is 0 Å². The third-order valence-corrected chi connectivity index (χ3v) is 6.48. The molecule has 0 N–H and O–H groups in total. The van der Waals surface area contributed by atoms with E-state index in [-0.39, 0.29) is 0 Å². The number of hydrogen-bond donors (Lipinski definition) is 0. The molecule has 0 spiro atoms. The minimum absolute atomic E-state index is 0.587. The molecule has 164 valence electrons. The molecule has 4 aromatic carbocycles. The first-order valence-electron chi connectivity index (χ1n) is 11.5. The molecule has 3 heterocycles. The highest BCUT2D eigenvalue weighted by molar-refractivity contribution is 6.01. The molecule has 7 aromatic rings. The Morgan fingerprint density at radius 3 is 1.94 bits per heavy atom. The number of nitrogens with zero attached hydrogens (tertiary/aromatic N) is 3. The molecule has 0 bridgehead atoms. The van der Waals surface area contributed by atoms with Crippen molar-refractivity contribution in [3.05, 3.63) is 116 Å². The quantitative estimate of drug-likeness (QED) is 0.275. The van der Waals surface area contributed by atoms with Gasteiger partial charge in [0.1, 0.15) is 5.52 Å². The number of hydrogen-bond acceptors (Lipinski definition) is 4. The summed E-state index contributed by atoms with van der Waals surface area (Å²) in [6.45, 7) is 0. The van der Waals surface area contributed by atoms with Crippen LogP contribution in [-0.2, 0) is 0 Å². The van der Waals surface area contributed by atoms with Crippen molar-refractivity contribution in [1.82, 2.24) is 15.0 Å². The summed E-state index contributed by atoms with van der Waals surface area (Å²) in [5.74, 6) is 0.587. The van der Waals surface area contributed by atoms with Gasteiger partial charge >= 0.3 is 0 Å². The highest BCUT2D eigenvalue weighted by atomic mass is 16.3. The topological polar surface area (TPSA) is 51.8 Å². The van der Waals surface area contributed by atoms with Gasteiger partial charge in [-0.2, -0.15) is 0 Å². The normalized spacial score (nSPS) is 11.4. The molecule has 0 radical (unpaired) electrons. The molecule has 0 atom stereocenters. The Labute approximate surface area is 201 Å². The van der Waals surface area contributed by atoms with Crippen molar-refractivity contribution in [3.63, 3.8) is 0 Å². The van der Waals surface area contributed by atoms with Crippen molar-refractivity contribution >= 4 is 32.6 Å². The maximum atomic E-state index is 6.26. The van der Waals surface area contributed by atoms with Crippen LogP contribution in [0.5, 0.6) is 0 Å². The van der Waals surface area contributed by atoms with E-state index >= 15 is 0 Å². The summed E-state index contributed by atoms with van der Waals surface area (Å²) in [5, 5.41) is 4.50. The first kappa shape index (κ1) is 19.6. The van der Waals surface area contributed by atoms with Gasteiger partial charge in [-0.15, -0.1) is 0 Å². The van der Waals surface area contributed by atoms with Gasteiger partial charge in [-0.05, 0) is 40.1 Å². The molecule has 0 aliphatic carbocycles. The summed E-state index contributed by atoms with van der Waals surface area (Å²) in [5.41, 5.74) is 6.72. The predicted molar refractivity (Wildman–Crippen MR) is 141 cm³/mol. The van der Waals surface area contributed by atoms with E-state index in [0.717, 1.165) is 60.5 Å². The van der Waals surface area contributed by atoms with Crippen LogP contribution in [0.15, 0.2) is 120 Å². The summed E-state index contributed by atoms with van der Waals surface area (Å²) in [7, 11) is 0.